The van der Waals surface area contributed by atoms with E-state index in [1.165, 1.54) is 0 Å². The van der Waals surface area contributed by atoms with E-state index in [-0.39, 0.29) is 0 Å². The SMILES string of the molecule is Nc1ncccc1Nc1ncccn1. The van der Waals surface area contributed by atoms with E-state index < -0.39 is 0 Å². The predicted molar refractivity (Wildman–Crippen MR) is 54.0 cm³/mol. The second-order valence-electron chi connectivity index (χ2n) is 2.63. The number of hydrogen-bond donors (Lipinski definition) is 2. The van der Waals surface area contributed by atoms with Gasteiger partial charge < -0.3 is 11.1 Å². The fraction of sp³-hybridized carbons (Fsp3) is 0. The Morgan fingerprint density at radius 3 is 2.43 bits per heavy atom. The highest BCUT2D eigenvalue weighted by Gasteiger charge is 1.99. The molecule has 0 saturated carbocycles. The normalized spacial score (nSPS) is 9.71. The first-order valence-corrected chi connectivity index (χ1v) is 4.11. The highest BCUT2D eigenvalue weighted by Crippen LogP contribution is 2.16. The van der Waals surface area contributed by atoms with Gasteiger partial charge >= 0.3 is 0 Å². The molecule has 0 spiro atoms. The molecule has 5 heteroatoms. The van der Waals surface area contributed by atoms with Crippen LogP contribution in [0.1, 0.15) is 0 Å². The zero-order chi connectivity index (χ0) is 9.80. The number of nitrogens with zero attached hydrogens (tertiary/aromatic N) is 3. The minimum absolute atomic E-state index is 0.431. The zero-order valence-corrected chi connectivity index (χ0v) is 7.38. The van der Waals surface area contributed by atoms with Gasteiger partial charge in [0.15, 0.2) is 0 Å². The summed E-state index contributed by atoms with van der Waals surface area (Å²) < 4.78 is 0. The number of rotatable bonds is 2. The molecule has 5 nitrogen and oxygen atoms in total. The van der Waals surface area contributed by atoms with Crippen LogP contribution in [-0.2, 0) is 0 Å². The molecule has 2 aromatic rings. The van der Waals surface area contributed by atoms with Crippen LogP contribution in [0.5, 0.6) is 0 Å². The first-order chi connectivity index (χ1) is 6.86. The van der Waals surface area contributed by atoms with Crippen molar-refractivity contribution < 1.29 is 0 Å². The Hall–Kier alpha value is -2.17. The van der Waals surface area contributed by atoms with Gasteiger partial charge in [-0.3, -0.25) is 0 Å². The summed E-state index contributed by atoms with van der Waals surface area (Å²) in [6, 6.07) is 5.36. The van der Waals surface area contributed by atoms with Crippen molar-refractivity contribution >= 4 is 17.5 Å². The van der Waals surface area contributed by atoms with E-state index in [2.05, 4.69) is 20.3 Å². The van der Waals surface area contributed by atoms with Crippen LogP contribution in [0.25, 0.3) is 0 Å². The topological polar surface area (TPSA) is 76.7 Å². The molecule has 0 aromatic carbocycles. The first-order valence-electron chi connectivity index (χ1n) is 4.11. The van der Waals surface area contributed by atoms with Crippen molar-refractivity contribution in [2.45, 2.75) is 0 Å². The first kappa shape index (κ1) is 8.43. The summed E-state index contributed by atoms with van der Waals surface area (Å²) >= 11 is 0. The molecule has 70 valence electrons. The zero-order valence-electron chi connectivity index (χ0n) is 7.38. The molecule has 0 aliphatic heterocycles. The third-order valence-corrected chi connectivity index (χ3v) is 1.65. The average molecular weight is 187 g/mol. The van der Waals surface area contributed by atoms with Gasteiger partial charge in [-0.1, -0.05) is 0 Å². The van der Waals surface area contributed by atoms with Crippen LogP contribution < -0.4 is 11.1 Å². The lowest BCUT2D eigenvalue weighted by molar-refractivity contribution is 1.16. The van der Waals surface area contributed by atoms with Crippen LogP contribution in [0.3, 0.4) is 0 Å². The smallest absolute Gasteiger partial charge is 0.227 e. The number of aromatic nitrogens is 3. The summed E-state index contributed by atoms with van der Waals surface area (Å²) in [4.78, 5) is 12.0. The van der Waals surface area contributed by atoms with E-state index in [4.69, 9.17) is 5.73 Å². The van der Waals surface area contributed by atoms with Gasteiger partial charge in [-0.15, -0.1) is 0 Å². The van der Waals surface area contributed by atoms with Gasteiger partial charge in [0, 0.05) is 18.6 Å². The molecule has 2 rings (SSSR count). The van der Waals surface area contributed by atoms with Crippen molar-refractivity contribution in [2.24, 2.45) is 0 Å². The van der Waals surface area contributed by atoms with E-state index >= 15 is 0 Å². The van der Waals surface area contributed by atoms with Gasteiger partial charge in [0.1, 0.15) is 5.82 Å². The number of anilines is 3. The summed E-state index contributed by atoms with van der Waals surface area (Å²) in [5, 5.41) is 2.96. The van der Waals surface area contributed by atoms with Gasteiger partial charge in [0.2, 0.25) is 5.95 Å². The molecular formula is C9H9N5. The number of nitrogen functional groups attached to an aromatic ring is 1. The van der Waals surface area contributed by atoms with Crippen LogP contribution in [0.4, 0.5) is 17.5 Å². The van der Waals surface area contributed by atoms with E-state index in [9.17, 15) is 0 Å². The third-order valence-electron chi connectivity index (χ3n) is 1.65. The number of nitrogens with two attached hydrogens (primary N) is 1. The molecular weight excluding hydrogens is 178 g/mol. The second kappa shape index (κ2) is 3.69. The molecule has 0 fully saturated rings. The van der Waals surface area contributed by atoms with Gasteiger partial charge in [-0.25, -0.2) is 15.0 Å². The highest BCUT2D eigenvalue weighted by molar-refractivity contribution is 5.65. The Kier molecular flexibility index (Phi) is 2.22. The lowest BCUT2D eigenvalue weighted by atomic mass is 10.4. The maximum absolute atomic E-state index is 5.64. The van der Waals surface area contributed by atoms with Gasteiger partial charge in [-0.2, -0.15) is 0 Å². The fourth-order valence-corrected chi connectivity index (χ4v) is 1.01. The molecule has 0 aliphatic rings. The van der Waals surface area contributed by atoms with Gasteiger partial charge in [0.25, 0.3) is 0 Å². The fourth-order valence-electron chi connectivity index (χ4n) is 1.01. The van der Waals surface area contributed by atoms with E-state index in [1.54, 1.807) is 30.7 Å². The summed E-state index contributed by atoms with van der Waals surface area (Å²) in [7, 11) is 0. The van der Waals surface area contributed by atoms with Crippen molar-refractivity contribution in [3.05, 3.63) is 36.8 Å². The largest absolute Gasteiger partial charge is 0.382 e. The summed E-state index contributed by atoms with van der Waals surface area (Å²) in [6.45, 7) is 0. The standard InChI is InChI=1S/C9H9N5/c10-8-7(3-1-4-11-8)14-9-12-5-2-6-13-9/h1-6H,(H2,10,11)(H,12,13,14). The Morgan fingerprint density at radius 1 is 1.00 bits per heavy atom. The molecule has 0 unspecified atom stereocenters. The second-order valence-corrected chi connectivity index (χ2v) is 2.63. The Balaban J connectivity index is 2.24. The lowest BCUT2D eigenvalue weighted by Crippen LogP contribution is -2.00. The molecule has 2 aromatic heterocycles. The van der Waals surface area contributed by atoms with Gasteiger partial charge in [0.05, 0.1) is 5.69 Å². The Morgan fingerprint density at radius 2 is 1.71 bits per heavy atom. The van der Waals surface area contributed by atoms with E-state index in [0.717, 1.165) is 0 Å². The van der Waals surface area contributed by atoms with Crippen LogP contribution in [0.15, 0.2) is 36.8 Å². The molecule has 0 aliphatic carbocycles. The van der Waals surface area contributed by atoms with Crippen molar-refractivity contribution in [3.8, 4) is 0 Å². The number of nitrogens with one attached hydrogen (secondary N) is 1. The minimum Gasteiger partial charge on any atom is -0.382 e. The molecule has 0 bridgehead atoms. The quantitative estimate of drug-likeness (QED) is 0.738. The predicted octanol–water partition coefficient (Wildman–Crippen LogP) is 1.20. The monoisotopic (exact) mass is 187 g/mol. The van der Waals surface area contributed by atoms with Crippen molar-refractivity contribution in [1.29, 1.82) is 0 Å². The molecule has 0 amide bonds. The van der Waals surface area contributed by atoms with Crippen LogP contribution in [0.2, 0.25) is 0 Å². The summed E-state index contributed by atoms with van der Waals surface area (Å²) in [6.07, 6.45) is 4.94. The van der Waals surface area contributed by atoms with Crippen molar-refractivity contribution in [3.63, 3.8) is 0 Å². The molecule has 3 N–H and O–H groups in total. The minimum atomic E-state index is 0.431. The van der Waals surface area contributed by atoms with Crippen molar-refractivity contribution in [2.75, 3.05) is 11.1 Å². The Labute approximate surface area is 81.0 Å². The van der Waals surface area contributed by atoms with E-state index in [1.807, 2.05) is 6.07 Å². The maximum Gasteiger partial charge on any atom is 0.227 e. The number of pyridine rings is 1. The van der Waals surface area contributed by atoms with Crippen molar-refractivity contribution in [1.82, 2.24) is 15.0 Å². The average Bonchev–Trinajstić information content (AvgIpc) is 2.23. The lowest BCUT2D eigenvalue weighted by Gasteiger charge is -2.05. The van der Waals surface area contributed by atoms with Crippen LogP contribution in [0, 0.1) is 0 Å². The van der Waals surface area contributed by atoms with Gasteiger partial charge in [-0.05, 0) is 18.2 Å². The molecule has 14 heavy (non-hydrogen) atoms. The third kappa shape index (κ3) is 1.77. The van der Waals surface area contributed by atoms with Crippen LogP contribution in [-0.4, -0.2) is 15.0 Å². The number of hydrogen-bond acceptors (Lipinski definition) is 5. The van der Waals surface area contributed by atoms with Crippen LogP contribution >= 0.6 is 0 Å². The molecule has 0 atom stereocenters. The summed E-state index contributed by atoms with van der Waals surface area (Å²) in [5.74, 6) is 0.937. The molecule has 0 radical (unpaired) electrons. The van der Waals surface area contributed by atoms with E-state index in [0.29, 0.717) is 17.5 Å². The Bertz CT molecular complexity index is 415. The summed E-state index contributed by atoms with van der Waals surface area (Å²) in [5.41, 5.74) is 6.35. The molecule has 0 saturated heterocycles. The molecule has 2 heterocycles. The highest BCUT2D eigenvalue weighted by atomic mass is 15.1. The maximum atomic E-state index is 5.64.